The van der Waals surface area contributed by atoms with Crippen LogP contribution in [0, 0.1) is 20.8 Å². The lowest BCUT2D eigenvalue weighted by Crippen LogP contribution is -2.06. The maximum Gasteiger partial charge on any atom is 0.339 e. The van der Waals surface area contributed by atoms with E-state index in [1.807, 2.05) is 19.9 Å². The minimum Gasteiger partial charge on any atom is -0.478 e. The van der Waals surface area contributed by atoms with E-state index >= 15 is 0 Å². The van der Waals surface area contributed by atoms with Gasteiger partial charge in [0.2, 0.25) is 0 Å². The van der Waals surface area contributed by atoms with Crippen molar-refractivity contribution in [2.45, 2.75) is 20.8 Å². The molecule has 3 aromatic rings. The summed E-state index contributed by atoms with van der Waals surface area (Å²) in [6.07, 6.45) is 1.38. The Morgan fingerprint density at radius 2 is 1.95 bits per heavy atom. The summed E-state index contributed by atoms with van der Waals surface area (Å²) in [7, 11) is 0. The number of carboxylic acids is 1. The molecule has 1 aromatic carbocycles. The van der Waals surface area contributed by atoms with Crippen LogP contribution in [-0.2, 0) is 0 Å². The number of hydrogen-bond donors (Lipinski definition) is 1. The molecule has 5 heteroatoms. The Morgan fingerprint density at radius 3 is 2.67 bits per heavy atom. The highest BCUT2D eigenvalue weighted by molar-refractivity contribution is 5.88. The number of rotatable bonds is 2. The van der Waals surface area contributed by atoms with Gasteiger partial charge in [0.1, 0.15) is 0 Å². The van der Waals surface area contributed by atoms with Crippen LogP contribution in [0.15, 0.2) is 30.5 Å². The van der Waals surface area contributed by atoms with Gasteiger partial charge < -0.3 is 5.11 Å². The van der Waals surface area contributed by atoms with Crippen LogP contribution in [0.2, 0.25) is 0 Å². The molecule has 3 rings (SSSR count). The quantitative estimate of drug-likeness (QED) is 0.784. The third-order valence-corrected chi connectivity index (χ3v) is 3.62. The molecule has 0 aliphatic rings. The van der Waals surface area contributed by atoms with Crippen molar-refractivity contribution in [2.75, 3.05) is 0 Å². The molecule has 1 N–H and O–H groups in total. The molecule has 0 atom stereocenters. The average molecular weight is 281 g/mol. The molecule has 2 aromatic heterocycles. The van der Waals surface area contributed by atoms with Crippen LogP contribution in [0.5, 0.6) is 0 Å². The van der Waals surface area contributed by atoms with Gasteiger partial charge in [-0.25, -0.2) is 14.3 Å². The summed E-state index contributed by atoms with van der Waals surface area (Å²) in [5.41, 5.74) is 5.50. The van der Waals surface area contributed by atoms with Crippen LogP contribution in [0.25, 0.3) is 16.9 Å². The zero-order valence-electron chi connectivity index (χ0n) is 12.1. The largest absolute Gasteiger partial charge is 0.478 e. The Bertz CT molecular complexity index is 865. The zero-order valence-corrected chi connectivity index (χ0v) is 12.1. The Labute approximate surface area is 121 Å². The minimum absolute atomic E-state index is 0.165. The van der Waals surface area contributed by atoms with E-state index in [4.69, 9.17) is 5.11 Å². The Hall–Kier alpha value is -2.69. The first kappa shape index (κ1) is 13.3. The maximum atomic E-state index is 11.2. The number of nitrogens with zero attached hydrogens (tertiary/aromatic N) is 3. The molecular formula is C16H15N3O2. The normalized spacial score (nSPS) is 11.0. The predicted molar refractivity (Wildman–Crippen MR) is 79.6 cm³/mol. The molecular weight excluding hydrogens is 266 g/mol. The van der Waals surface area contributed by atoms with E-state index < -0.39 is 5.97 Å². The summed E-state index contributed by atoms with van der Waals surface area (Å²) in [4.78, 5) is 15.3. The fourth-order valence-corrected chi connectivity index (χ4v) is 2.40. The minimum atomic E-state index is -0.995. The van der Waals surface area contributed by atoms with Gasteiger partial charge in [0.25, 0.3) is 0 Å². The first-order valence-electron chi connectivity index (χ1n) is 6.63. The summed E-state index contributed by atoms with van der Waals surface area (Å²) in [5, 5.41) is 13.7. The highest BCUT2D eigenvalue weighted by atomic mass is 16.4. The van der Waals surface area contributed by atoms with Crippen molar-refractivity contribution in [1.29, 1.82) is 0 Å². The van der Waals surface area contributed by atoms with Crippen molar-refractivity contribution in [3.05, 3.63) is 52.8 Å². The van der Waals surface area contributed by atoms with Gasteiger partial charge in [0.15, 0.2) is 5.65 Å². The summed E-state index contributed by atoms with van der Waals surface area (Å²) in [5.74, 6) is -0.995. The van der Waals surface area contributed by atoms with Crippen LogP contribution in [0.3, 0.4) is 0 Å². The number of aromatic carboxylic acids is 1. The first-order chi connectivity index (χ1) is 9.97. The first-order valence-corrected chi connectivity index (χ1v) is 6.63. The number of aryl methyl sites for hydroxylation is 3. The van der Waals surface area contributed by atoms with E-state index in [-0.39, 0.29) is 5.56 Å². The van der Waals surface area contributed by atoms with Crippen molar-refractivity contribution in [3.63, 3.8) is 0 Å². The molecule has 21 heavy (non-hydrogen) atoms. The highest BCUT2D eigenvalue weighted by Gasteiger charge is 2.14. The van der Waals surface area contributed by atoms with Crippen LogP contribution in [0.4, 0.5) is 0 Å². The lowest BCUT2D eigenvalue weighted by molar-refractivity contribution is 0.0695. The molecule has 0 unspecified atom stereocenters. The molecule has 5 nitrogen and oxygen atoms in total. The van der Waals surface area contributed by atoms with E-state index in [9.17, 15) is 4.79 Å². The van der Waals surface area contributed by atoms with E-state index in [1.165, 1.54) is 6.20 Å². The van der Waals surface area contributed by atoms with Crippen LogP contribution < -0.4 is 0 Å². The van der Waals surface area contributed by atoms with Crippen molar-refractivity contribution in [2.24, 2.45) is 0 Å². The fraction of sp³-hybridized carbons (Fsp3) is 0.188. The number of fused-ring (bicyclic) bond motifs is 1. The predicted octanol–water partition coefficient (Wildman–Crippen LogP) is 3.02. The molecule has 0 spiro atoms. The molecule has 0 aliphatic carbocycles. The highest BCUT2D eigenvalue weighted by Crippen LogP contribution is 2.25. The second kappa shape index (κ2) is 4.70. The molecule has 0 bridgehead atoms. The fourth-order valence-electron chi connectivity index (χ4n) is 2.40. The van der Waals surface area contributed by atoms with E-state index in [0.717, 1.165) is 22.4 Å². The molecule has 0 aliphatic heterocycles. The molecule has 2 heterocycles. The Morgan fingerprint density at radius 1 is 1.19 bits per heavy atom. The van der Waals surface area contributed by atoms with E-state index in [2.05, 4.69) is 28.3 Å². The van der Waals surface area contributed by atoms with Crippen molar-refractivity contribution >= 4 is 11.6 Å². The number of carboxylic acid groups (broad SMARTS) is 1. The van der Waals surface area contributed by atoms with Gasteiger partial charge in [0, 0.05) is 17.8 Å². The monoisotopic (exact) mass is 281 g/mol. The third kappa shape index (κ3) is 2.16. The molecule has 106 valence electrons. The van der Waals surface area contributed by atoms with Gasteiger partial charge in [-0.15, -0.1) is 0 Å². The molecule has 0 saturated carbocycles. The standard InChI is InChI=1S/C16H15N3O2/c1-9-4-5-10(2)12(6-9)14-7-15-17-8-13(16(20)21)11(3)19(15)18-14/h4-8H,1-3H3,(H,20,21). The van der Waals surface area contributed by atoms with Gasteiger partial charge in [-0.2, -0.15) is 5.10 Å². The van der Waals surface area contributed by atoms with Crippen molar-refractivity contribution in [1.82, 2.24) is 14.6 Å². The zero-order chi connectivity index (χ0) is 15.1. The van der Waals surface area contributed by atoms with Crippen molar-refractivity contribution in [3.8, 4) is 11.3 Å². The molecule has 0 radical (unpaired) electrons. The SMILES string of the molecule is Cc1ccc(C)c(-c2cc3ncc(C(=O)O)c(C)n3n2)c1. The second-order valence-corrected chi connectivity index (χ2v) is 5.18. The smallest absolute Gasteiger partial charge is 0.339 e. The Balaban J connectivity index is 2.24. The van der Waals surface area contributed by atoms with E-state index in [0.29, 0.717) is 11.3 Å². The second-order valence-electron chi connectivity index (χ2n) is 5.18. The lowest BCUT2D eigenvalue weighted by atomic mass is 10.0. The molecule has 0 fully saturated rings. The summed E-state index contributed by atoms with van der Waals surface area (Å²) in [6, 6.07) is 8.06. The van der Waals surface area contributed by atoms with Crippen LogP contribution in [-0.4, -0.2) is 25.7 Å². The summed E-state index contributed by atoms with van der Waals surface area (Å²) in [6.45, 7) is 5.80. The van der Waals surface area contributed by atoms with Gasteiger partial charge in [-0.05, 0) is 32.4 Å². The number of carbonyl (C=O) groups is 1. The maximum absolute atomic E-state index is 11.2. The number of aromatic nitrogens is 3. The topological polar surface area (TPSA) is 67.5 Å². The summed E-state index contributed by atoms with van der Waals surface area (Å²) < 4.78 is 1.58. The van der Waals surface area contributed by atoms with Gasteiger partial charge in [-0.1, -0.05) is 17.7 Å². The molecule has 0 amide bonds. The lowest BCUT2D eigenvalue weighted by Gasteiger charge is -2.04. The van der Waals surface area contributed by atoms with Gasteiger partial charge in [0.05, 0.1) is 17.0 Å². The molecule has 0 saturated heterocycles. The van der Waals surface area contributed by atoms with Gasteiger partial charge in [-0.3, -0.25) is 0 Å². The number of benzene rings is 1. The Kier molecular flexibility index (Phi) is 2.97. The van der Waals surface area contributed by atoms with Gasteiger partial charge >= 0.3 is 5.97 Å². The van der Waals surface area contributed by atoms with Crippen molar-refractivity contribution < 1.29 is 9.90 Å². The summed E-state index contributed by atoms with van der Waals surface area (Å²) >= 11 is 0. The van der Waals surface area contributed by atoms with E-state index in [1.54, 1.807) is 11.4 Å². The third-order valence-electron chi connectivity index (χ3n) is 3.62. The number of hydrogen-bond acceptors (Lipinski definition) is 3. The van der Waals surface area contributed by atoms with Crippen LogP contribution >= 0.6 is 0 Å². The van der Waals surface area contributed by atoms with Crippen LogP contribution in [0.1, 0.15) is 27.2 Å². The average Bonchev–Trinajstić information content (AvgIpc) is 2.86.